The summed E-state index contributed by atoms with van der Waals surface area (Å²) < 4.78 is 0. The topological polar surface area (TPSA) is 261 Å². The third kappa shape index (κ3) is 19.0. The minimum atomic E-state index is -0.441. The summed E-state index contributed by atoms with van der Waals surface area (Å²) >= 11 is 0. The number of hydrogen-bond donors (Lipinski definition) is 7. The molecule has 7 N–H and O–H groups in total. The summed E-state index contributed by atoms with van der Waals surface area (Å²) in [6.45, 7) is 30.7. The van der Waals surface area contributed by atoms with Gasteiger partial charge < -0.3 is 35.7 Å². The van der Waals surface area contributed by atoms with Crippen LogP contribution in [0.25, 0.3) is 0 Å². The van der Waals surface area contributed by atoms with Gasteiger partial charge in [-0.15, -0.1) is 0 Å². The number of rotatable bonds is 0. The second kappa shape index (κ2) is 39.8. The molecule has 28 saturated carbocycles. The van der Waals surface area contributed by atoms with Gasteiger partial charge in [-0.3, -0.25) is 33.6 Å². The predicted octanol–water partition coefficient (Wildman–Crippen LogP) is 27.3. The van der Waals surface area contributed by atoms with E-state index in [0.717, 1.165) is 323 Å². The Bertz CT molecular complexity index is 4540. The molecule has 0 bridgehead atoms. The third-order valence-corrected chi connectivity index (χ3v) is 56.4. The first kappa shape index (κ1) is 108. The Balaban J connectivity index is 0.0000000969. The molecule has 49 atom stereocenters. The van der Waals surface area contributed by atoms with Gasteiger partial charge in [-0.1, -0.05) is 76.2 Å². The lowest BCUT2D eigenvalue weighted by molar-refractivity contribution is -0.151. The van der Waals surface area contributed by atoms with Gasteiger partial charge in [-0.2, -0.15) is 0 Å². The third-order valence-electron chi connectivity index (χ3n) is 56.4. The summed E-state index contributed by atoms with van der Waals surface area (Å²) in [5, 5.41) is 70.9. The molecular weight excluding hydrogens is 1810 g/mol. The second-order valence-corrected chi connectivity index (χ2v) is 63.4. The predicted molar refractivity (Wildman–Crippen MR) is 575 cm³/mol. The van der Waals surface area contributed by atoms with E-state index in [1.165, 1.54) is 212 Å². The maximum Gasteiger partial charge on any atom is 0.139 e. The molecule has 28 aliphatic carbocycles. The van der Waals surface area contributed by atoms with Gasteiger partial charge in [0.1, 0.15) is 40.5 Å². The van der Waals surface area contributed by atoms with Gasteiger partial charge in [0, 0.05) is 87.9 Å². The summed E-state index contributed by atoms with van der Waals surface area (Å²) in [4.78, 5) is 84.8. The van der Waals surface area contributed by atoms with Crippen LogP contribution < -0.4 is 0 Å². The van der Waals surface area contributed by atoms with Crippen LogP contribution in [0.5, 0.6) is 0 Å². The first-order valence-corrected chi connectivity index (χ1v) is 63.6. The first-order chi connectivity index (χ1) is 69.1. The number of ketones is 7. The number of Topliss-reactive ketones (excluding diaryl/α,β-unsaturated/α-hetero) is 7. The zero-order valence-corrected chi connectivity index (χ0v) is 94.3. The highest BCUT2D eigenvalue weighted by atomic mass is 16.3. The van der Waals surface area contributed by atoms with Crippen molar-refractivity contribution in [3.8, 4) is 0 Å². The zero-order valence-electron chi connectivity index (χ0n) is 94.3. The molecule has 28 rings (SSSR count). The van der Waals surface area contributed by atoms with E-state index in [1.807, 2.05) is 13.8 Å². The highest BCUT2D eigenvalue weighted by Crippen LogP contribution is 2.75. The maximum atomic E-state index is 12.4. The molecule has 0 saturated heterocycles. The van der Waals surface area contributed by atoms with Crippen molar-refractivity contribution in [1.82, 2.24) is 0 Å². The molecule has 0 aromatic heterocycles. The number of carbonyl (C=O) groups is 7. The zero-order chi connectivity index (χ0) is 103. The van der Waals surface area contributed by atoms with Gasteiger partial charge in [-0.05, 0) is 573 Å². The highest BCUT2D eigenvalue weighted by Gasteiger charge is 2.69. The van der Waals surface area contributed by atoms with E-state index in [-0.39, 0.29) is 41.3 Å². The lowest BCUT2D eigenvalue weighted by Crippen LogP contribution is -2.55. The summed E-state index contributed by atoms with van der Waals surface area (Å²) in [6.07, 6.45) is 71.0. The SMILES string of the molecule is C[C@@]12CC[C@@H]3[C@H](CC[C@@H]4C[C@@H](O)CC[C@]43C)[C@H]1CC(=O)C2.C[C@@]12CC[C@@H]3[C@H](CC[C@H]4C[C@@H](O)CC[C@]43C)[C@H]1CC(=O)C2.C[C@@]12CC[C@H](O)C[C@H]1CC[C@@H]1[C@H]3CC(=O)C[C@@H]3CC[C@H]12.C[C@@]12CC[C@H]3[C@@H]4CC[C@H](O)C[C@@H]4CC[C@@H]3[C@H]1CC(=O)C2.C[C@@]12CC[C@H]3[C@@H]4CC[C@H](O)C[C@H]4CC[C@@H]3[C@H]1CC(=O)C2.C[C@]1(O)CC[C@]2(C)[C@@H](CC[C@H]3[C@H]2CC[C@@]2(C)C(=O)CC[C@H]32)C1.C[C@]1(O)CC[C@]2(C)[C@H](CC[C@H]3[C@H]2CC[C@@]2(C)C(=O)CC[C@H]32)C1. The van der Waals surface area contributed by atoms with Gasteiger partial charge in [0.05, 0.1) is 41.7 Å². The quantitative estimate of drug-likeness (QED) is 0.119. The van der Waals surface area contributed by atoms with Crippen LogP contribution in [0.15, 0.2) is 0 Å². The van der Waals surface area contributed by atoms with Crippen LogP contribution in [0, 0.1) is 243 Å². The molecule has 0 radical (unpaired) electrons. The van der Waals surface area contributed by atoms with Crippen LogP contribution in [0.1, 0.15) is 495 Å². The van der Waals surface area contributed by atoms with Crippen LogP contribution in [-0.2, 0) is 33.6 Å². The molecule has 0 aromatic carbocycles. The fourth-order valence-corrected chi connectivity index (χ4v) is 48.3. The minimum absolute atomic E-state index is 0.00449. The largest absolute Gasteiger partial charge is 0.393 e. The molecule has 28 fully saturated rings. The van der Waals surface area contributed by atoms with Crippen molar-refractivity contribution < 1.29 is 69.3 Å². The maximum absolute atomic E-state index is 12.4. The Morgan fingerprint density at radius 1 is 0.199 bits per heavy atom. The van der Waals surface area contributed by atoms with Crippen molar-refractivity contribution in [1.29, 1.82) is 0 Å². The molecule has 0 aliphatic heterocycles. The van der Waals surface area contributed by atoms with Crippen molar-refractivity contribution in [2.45, 2.75) is 536 Å². The Labute approximate surface area is 883 Å². The van der Waals surface area contributed by atoms with Crippen molar-refractivity contribution in [2.24, 2.45) is 243 Å². The molecule has 0 heterocycles. The lowest BCUT2D eigenvalue weighted by atomic mass is 9.44. The standard InChI is InChI=1S/2C20H32O2.2C19H30O2.3C18H28O2/c2*1-18(22)10-11-19(2)13(12-18)4-5-14-15-6-7-17(21)20(15,3)9-8-16(14)19;2*1-18-7-6-16-15(17(18)10-14(21)11-18)4-3-12-9-13(20)5-8-19(12,16)2;1-18-7-6-13(19)9-12(18)3-4-15-16-10-14(20)8-11(16)2-5-17(15)18;2*1-18-7-6-15-14-5-3-12(19)8-11(14)2-4-16(15)17(18)9-13(20)10-18/h2*13-16,22H,4-12H2,1-3H3;2*12-13,15-17,20H,3-11H2,1-2H3;11-13,15-17,19H,2-10H2,1H3;2*11-12,14-17,19H,2-10H2,1H3/t13-,14+,15+,16+,18-,19+,20+;13-,14-,15-,16-,18+,19-,20-;12-,13+,15+,16-,17-,18+,19-;12-,13-,15-,16+,17+,18-,19+;11-,12+,13-,15+,16-,17+,18+;11-,12+,14-,15+,16+,17-,18+;11-,12-,14+,15-,16-,17+,18-/m0110010/s1. The molecule has 14 nitrogen and oxygen atoms in total. The molecular formula is C132H208O14. The van der Waals surface area contributed by atoms with Crippen LogP contribution >= 0.6 is 0 Å². The normalized spacial score (nSPS) is 56.3. The number of aliphatic hydroxyl groups is 7. The molecule has 0 spiro atoms. The number of carbonyl (C=O) groups excluding carboxylic acids is 7. The Kier molecular flexibility index (Phi) is 29.3. The monoisotopic (exact) mass is 2020 g/mol. The summed E-state index contributed by atoms with van der Waals surface area (Å²) in [7, 11) is 0. The minimum Gasteiger partial charge on any atom is -0.393 e. The van der Waals surface area contributed by atoms with Crippen molar-refractivity contribution in [2.75, 3.05) is 0 Å². The van der Waals surface area contributed by atoms with Crippen LogP contribution in [0.3, 0.4) is 0 Å². The first-order valence-electron chi connectivity index (χ1n) is 63.6. The molecule has 146 heavy (non-hydrogen) atoms. The Hall–Kier alpha value is -2.59. The number of fused-ring (bicyclic) bond motifs is 35. The van der Waals surface area contributed by atoms with E-state index < -0.39 is 11.2 Å². The fraction of sp³-hybridized carbons (Fsp3) is 0.947. The van der Waals surface area contributed by atoms with Gasteiger partial charge in [0.25, 0.3) is 0 Å². The molecule has 28 aliphatic rings. The fourth-order valence-electron chi connectivity index (χ4n) is 48.3. The Morgan fingerprint density at radius 3 is 0.863 bits per heavy atom. The molecule has 820 valence electrons. The molecule has 14 heteroatoms. The van der Waals surface area contributed by atoms with Crippen LogP contribution in [-0.4, -0.2) is 118 Å². The second-order valence-electron chi connectivity index (χ2n) is 63.4. The summed E-state index contributed by atoms with van der Waals surface area (Å²) in [5.41, 5.74) is 2.59. The molecule has 0 unspecified atom stereocenters. The van der Waals surface area contributed by atoms with Crippen LogP contribution in [0.4, 0.5) is 0 Å². The van der Waals surface area contributed by atoms with Gasteiger partial charge in [0.2, 0.25) is 0 Å². The van der Waals surface area contributed by atoms with Crippen molar-refractivity contribution >= 4 is 40.5 Å². The van der Waals surface area contributed by atoms with E-state index in [4.69, 9.17) is 0 Å². The van der Waals surface area contributed by atoms with E-state index in [9.17, 15) is 69.3 Å². The van der Waals surface area contributed by atoms with E-state index in [0.29, 0.717) is 142 Å². The Morgan fingerprint density at radius 2 is 0.486 bits per heavy atom. The average Bonchev–Trinajstić information content (AvgIpc) is 1.39. The number of aliphatic hydroxyl groups excluding tert-OH is 5. The van der Waals surface area contributed by atoms with E-state index >= 15 is 0 Å². The average molecular weight is 2020 g/mol. The lowest BCUT2D eigenvalue weighted by Gasteiger charge is -2.61. The van der Waals surface area contributed by atoms with Crippen molar-refractivity contribution in [3.05, 3.63) is 0 Å². The van der Waals surface area contributed by atoms with Crippen LogP contribution in [0.2, 0.25) is 0 Å². The van der Waals surface area contributed by atoms with Gasteiger partial charge >= 0.3 is 0 Å². The van der Waals surface area contributed by atoms with Gasteiger partial charge in [-0.25, -0.2) is 0 Å². The van der Waals surface area contributed by atoms with E-state index in [2.05, 4.69) is 76.2 Å². The molecule has 0 amide bonds. The molecule has 0 aromatic rings. The van der Waals surface area contributed by atoms with Gasteiger partial charge in [0.15, 0.2) is 0 Å². The van der Waals surface area contributed by atoms with Crippen molar-refractivity contribution in [3.63, 3.8) is 0 Å². The smallest absolute Gasteiger partial charge is 0.139 e. The summed E-state index contributed by atoms with van der Waals surface area (Å²) in [5.74, 6) is 27.4. The summed E-state index contributed by atoms with van der Waals surface area (Å²) in [6, 6.07) is 0. The highest BCUT2D eigenvalue weighted by molar-refractivity contribution is 5.88. The van der Waals surface area contributed by atoms with E-state index in [1.54, 1.807) is 0 Å². The number of hydrogen-bond acceptors (Lipinski definition) is 14.